The molecular formula is C30H34Cl2N2. The van der Waals surface area contributed by atoms with Crippen LogP contribution in [0.25, 0.3) is 22.5 Å². The molecule has 2 aromatic carbocycles. The number of pyridine rings is 2. The maximum atomic E-state index is 2.27. The fraction of sp³-hybridized carbons (Fsp3) is 0.267. The van der Waals surface area contributed by atoms with Crippen LogP contribution in [-0.4, -0.2) is 0 Å². The fourth-order valence-electron chi connectivity index (χ4n) is 4.63. The third kappa shape index (κ3) is 5.51. The summed E-state index contributed by atoms with van der Waals surface area (Å²) in [6, 6.07) is 22.2. The Bertz CT molecular complexity index is 1060. The number of aromatic nitrogens is 2. The van der Waals surface area contributed by atoms with Crippen molar-refractivity contribution in [3.05, 3.63) is 108 Å². The fourth-order valence-corrected chi connectivity index (χ4v) is 4.63. The van der Waals surface area contributed by atoms with Crippen molar-refractivity contribution in [3.63, 3.8) is 0 Å². The van der Waals surface area contributed by atoms with Gasteiger partial charge in [-0.3, -0.25) is 0 Å². The van der Waals surface area contributed by atoms with E-state index in [-0.39, 0.29) is 24.8 Å². The summed E-state index contributed by atoms with van der Waals surface area (Å²) in [7, 11) is 0. The van der Waals surface area contributed by atoms with Crippen molar-refractivity contribution in [1.29, 1.82) is 0 Å². The van der Waals surface area contributed by atoms with Gasteiger partial charge < -0.3 is 24.8 Å². The Morgan fingerprint density at radius 2 is 0.706 bits per heavy atom. The van der Waals surface area contributed by atoms with E-state index in [1.165, 1.54) is 44.8 Å². The van der Waals surface area contributed by atoms with Gasteiger partial charge in [0.2, 0.25) is 11.4 Å². The molecule has 0 saturated heterocycles. The highest BCUT2D eigenvalue weighted by Crippen LogP contribution is 2.21. The van der Waals surface area contributed by atoms with Crippen LogP contribution < -0.4 is 33.9 Å². The molecule has 0 aliphatic rings. The van der Waals surface area contributed by atoms with Crippen molar-refractivity contribution in [2.75, 3.05) is 0 Å². The predicted octanol–water partition coefficient (Wildman–Crippen LogP) is 0.165. The van der Waals surface area contributed by atoms with Gasteiger partial charge in [-0.15, -0.1) is 0 Å². The highest BCUT2D eigenvalue weighted by atomic mass is 35.5. The van der Waals surface area contributed by atoms with Crippen molar-refractivity contribution in [2.45, 2.75) is 53.4 Å². The number of hydrogen-bond donors (Lipinski definition) is 0. The molecule has 0 atom stereocenters. The number of benzene rings is 2. The highest BCUT2D eigenvalue weighted by Gasteiger charge is 2.18. The first-order chi connectivity index (χ1) is 15.7. The summed E-state index contributed by atoms with van der Waals surface area (Å²) in [6.07, 6.45) is 12.9. The van der Waals surface area contributed by atoms with Crippen molar-refractivity contribution in [2.24, 2.45) is 0 Å². The second kappa shape index (κ2) is 12.7. The maximum absolute atomic E-state index is 2.27. The average Bonchev–Trinajstić information content (AvgIpc) is 2.87. The number of para-hydroxylation sites is 2. The standard InChI is InChI=1S/C30H34N2.2ClH/c1-5-23-11-9-12-24(6-2)29(23)31-19-15-27(16-20-31)28-17-21-32(22-18-28)30-25(7-3)13-10-14-26(30)8-4;;/h9-22H,5-8H2,1-4H3;2*1H/q+2;;/p-2. The van der Waals surface area contributed by atoms with E-state index < -0.39 is 0 Å². The van der Waals surface area contributed by atoms with Crippen LogP contribution in [0.2, 0.25) is 0 Å². The zero-order chi connectivity index (χ0) is 22.5. The van der Waals surface area contributed by atoms with Crippen molar-refractivity contribution >= 4 is 0 Å². The molecule has 34 heavy (non-hydrogen) atoms. The summed E-state index contributed by atoms with van der Waals surface area (Å²) in [4.78, 5) is 0. The Morgan fingerprint density at radius 3 is 0.941 bits per heavy atom. The summed E-state index contributed by atoms with van der Waals surface area (Å²) >= 11 is 0. The average molecular weight is 494 g/mol. The molecule has 4 aromatic rings. The molecule has 2 aromatic heterocycles. The van der Waals surface area contributed by atoms with Gasteiger partial charge in [0.05, 0.1) is 0 Å². The normalized spacial score (nSPS) is 10.4. The predicted molar refractivity (Wildman–Crippen MR) is 132 cm³/mol. The van der Waals surface area contributed by atoms with Crippen LogP contribution in [0.15, 0.2) is 85.5 Å². The first-order valence-corrected chi connectivity index (χ1v) is 11.9. The zero-order valence-electron chi connectivity index (χ0n) is 20.6. The molecule has 0 spiro atoms. The topological polar surface area (TPSA) is 7.76 Å². The first-order valence-electron chi connectivity index (χ1n) is 11.9. The van der Waals surface area contributed by atoms with E-state index in [2.05, 4.69) is 122 Å². The number of aryl methyl sites for hydroxylation is 4. The molecule has 0 fully saturated rings. The molecule has 0 aliphatic heterocycles. The molecule has 0 amide bonds. The van der Waals surface area contributed by atoms with E-state index in [1.54, 1.807) is 0 Å². The van der Waals surface area contributed by atoms with Crippen LogP contribution >= 0.6 is 0 Å². The van der Waals surface area contributed by atoms with Gasteiger partial charge in [0.25, 0.3) is 0 Å². The molecule has 0 radical (unpaired) electrons. The largest absolute Gasteiger partial charge is 1.00 e. The van der Waals surface area contributed by atoms with Crippen LogP contribution in [0.3, 0.4) is 0 Å². The molecule has 4 heteroatoms. The summed E-state index contributed by atoms with van der Waals surface area (Å²) in [5.74, 6) is 0. The number of halogens is 2. The Morgan fingerprint density at radius 1 is 0.441 bits per heavy atom. The van der Waals surface area contributed by atoms with Crippen LogP contribution in [0.5, 0.6) is 0 Å². The van der Waals surface area contributed by atoms with Crippen molar-refractivity contribution in [3.8, 4) is 22.5 Å². The minimum atomic E-state index is 0. The van der Waals surface area contributed by atoms with E-state index in [9.17, 15) is 0 Å². The third-order valence-electron chi connectivity index (χ3n) is 6.44. The van der Waals surface area contributed by atoms with Gasteiger partial charge in [-0.2, -0.15) is 9.13 Å². The van der Waals surface area contributed by atoms with E-state index in [4.69, 9.17) is 0 Å². The van der Waals surface area contributed by atoms with Gasteiger partial charge in [0, 0.05) is 46.5 Å². The van der Waals surface area contributed by atoms with E-state index in [0.29, 0.717) is 0 Å². The van der Waals surface area contributed by atoms with Crippen molar-refractivity contribution < 1.29 is 33.9 Å². The molecule has 4 rings (SSSR count). The number of nitrogens with zero attached hydrogens (tertiary/aromatic N) is 2. The minimum absolute atomic E-state index is 0. The van der Waals surface area contributed by atoms with Crippen LogP contribution in [0.1, 0.15) is 49.9 Å². The second-order valence-corrected chi connectivity index (χ2v) is 8.25. The van der Waals surface area contributed by atoms with Gasteiger partial charge in [0.15, 0.2) is 24.8 Å². The second-order valence-electron chi connectivity index (χ2n) is 8.25. The monoisotopic (exact) mass is 492 g/mol. The molecule has 178 valence electrons. The van der Waals surface area contributed by atoms with Crippen LogP contribution in [0.4, 0.5) is 0 Å². The Balaban J connectivity index is 0.00000204. The Labute approximate surface area is 217 Å². The van der Waals surface area contributed by atoms with E-state index in [1.807, 2.05) is 0 Å². The third-order valence-corrected chi connectivity index (χ3v) is 6.44. The lowest BCUT2D eigenvalue weighted by atomic mass is 10.0. The lowest BCUT2D eigenvalue weighted by Crippen LogP contribution is -3.00. The molecule has 2 nitrogen and oxygen atoms in total. The molecule has 0 bridgehead atoms. The first kappa shape index (κ1) is 27.6. The van der Waals surface area contributed by atoms with Gasteiger partial charge in [0.1, 0.15) is 0 Å². The van der Waals surface area contributed by atoms with Gasteiger partial charge in [-0.25, -0.2) is 0 Å². The Kier molecular flexibility index (Phi) is 10.3. The van der Waals surface area contributed by atoms with Crippen LogP contribution in [0, 0.1) is 0 Å². The summed E-state index contributed by atoms with van der Waals surface area (Å²) in [5, 5.41) is 0. The summed E-state index contributed by atoms with van der Waals surface area (Å²) in [6.45, 7) is 8.92. The smallest absolute Gasteiger partial charge is 0.216 e. The lowest BCUT2D eigenvalue weighted by Gasteiger charge is -2.09. The van der Waals surface area contributed by atoms with Gasteiger partial charge >= 0.3 is 0 Å². The van der Waals surface area contributed by atoms with Crippen molar-refractivity contribution in [1.82, 2.24) is 0 Å². The van der Waals surface area contributed by atoms with Gasteiger partial charge in [-0.1, -0.05) is 64.1 Å². The summed E-state index contributed by atoms with van der Waals surface area (Å²) < 4.78 is 4.55. The van der Waals surface area contributed by atoms with E-state index in [0.717, 1.165) is 25.7 Å². The molecule has 2 heterocycles. The van der Waals surface area contributed by atoms with E-state index >= 15 is 0 Å². The number of rotatable bonds is 7. The SMILES string of the molecule is CCc1cccc(CC)c1-[n+]1ccc(-c2cc[n+](-c3c(CC)cccc3CC)cc2)cc1.[Cl-].[Cl-]. The maximum Gasteiger partial charge on any atom is 0.216 e. The molecule has 0 unspecified atom stereocenters. The quantitative estimate of drug-likeness (QED) is 0.325. The van der Waals surface area contributed by atoms with Gasteiger partial charge in [-0.05, 0) is 36.8 Å². The molecular weight excluding hydrogens is 459 g/mol. The molecule has 0 saturated carbocycles. The summed E-state index contributed by atoms with van der Waals surface area (Å²) in [5.41, 5.74) is 10.7. The molecule has 0 N–H and O–H groups in total. The highest BCUT2D eigenvalue weighted by molar-refractivity contribution is 5.61. The number of hydrogen-bond acceptors (Lipinski definition) is 0. The zero-order valence-corrected chi connectivity index (χ0v) is 22.1. The Hall–Kier alpha value is -2.68. The lowest BCUT2D eigenvalue weighted by molar-refractivity contribution is -0.597. The minimum Gasteiger partial charge on any atom is -1.00 e. The molecule has 0 aliphatic carbocycles. The van der Waals surface area contributed by atoms with Crippen LogP contribution in [-0.2, 0) is 25.7 Å².